The van der Waals surface area contributed by atoms with Crippen LogP contribution < -0.4 is 9.88 Å². The minimum Gasteiger partial charge on any atom is -0.458 e. The molecule has 1 aliphatic heterocycles. The lowest BCUT2D eigenvalue weighted by atomic mass is 9.87. The molecule has 0 unspecified atom stereocenters. The van der Waals surface area contributed by atoms with Crippen LogP contribution in [0.25, 0.3) is 0 Å². The standard InChI is InChI=1S/C29H39N3O6/c1-20(22-12-7-6-8-13-22)24-15-9-10-17-32(24)28(36)37-19-31-16-11-14-23(18-31)26(34)30-25(21(2)33)27(35)38-29(3,4)5/h6-8,11-14,16,18,20-21,24-25,33H,9-10,15,17,19H2,1-5H3/p+1/t20-,21-,24-,25+/m1/s1. The van der Waals surface area contributed by atoms with Gasteiger partial charge in [-0.3, -0.25) is 4.79 Å². The quantitative estimate of drug-likeness (QED) is 0.402. The fourth-order valence-electron chi connectivity index (χ4n) is 4.60. The minimum atomic E-state index is -1.23. The minimum absolute atomic E-state index is 0.0472. The Morgan fingerprint density at radius 2 is 1.82 bits per heavy atom. The number of piperidine rings is 1. The second-order valence-electron chi connectivity index (χ2n) is 10.8. The van der Waals surface area contributed by atoms with Crippen LogP contribution in [0.3, 0.4) is 0 Å². The summed E-state index contributed by atoms with van der Waals surface area (Å²) in [5, 5.41) is 12.6. The van der Waals surface area contributed by atoms with Gasteiger partial charge in [-0.2, -0.15) is 4.57 Å². The first-order chi connectivity index (χ1) is 18.0. The molecule has 1 aromatic carbocycles. The summed E-state index contributed by atoms with van der Waals surface area (Å²) in [6, 6.07) is 12.2. The molecule has 38 heavy (non-hydrogen) atoms. The molecule has 9 nitrogen and oxygen atoms in total. The van der Waals surface area contributed by atoms with Crippen LogP contribution in [0.15, 0.2) is 54.9 Å². The average Bonchev–Trinajstić information content (AvgIpc) is 2.89. The number of nitrogens with zero attached hydrogens (tertiary/aromatic N) is 2. The van der Waals surface area contributed by atoms with Gasteiger partial charge < -0.3 is 24.8 Å². The van der Waals surface area contributed by atoms with E-state index in [4.69, 9.17) is 9.47 Å². The third-order valence-corrected chi connectivity index (χ3v) is 6.57. The summed E-state index contributed by atoms with van der Waals surface area (Å²) < 4.78 is 12.5. The Hall–Kier alpha value is -3.46. The van der Waals surface area contributed by atoms with Crippen molar-refractivity contribution < 1.29 is 33.5 Å². The second kappa shape index (κ2) is 12.9. The van der Waals surface area contributed by atoms with Crippen LogP contribution in [-0.2, 0) is 21.0 Å². The molecule has 4 atom stereocenters. The Morgan fingerprint density at radius 1 is 1.11 bits per heavy atom. The van der Waals surface area contributed by atoms with Gasteiger partial charge in [0.05, 0.1) is 6.10 Å². The molecule has 1 aliphatic rings. The van der Waals surface area contributed by atoms with E-state index in [0.29, 0.717) is 6.54 Å². The maximum atomic E-state index is 13.1. The van der Waals surface area contributed by atoms with Crippen LogP contribution in [0.4, 0.5) is 4.79 Å². The number of carbonyl (C=O) groups excluding carboxylic acids is 3. The maximum absolute atomic E-state index is 13.1. The molecule has 2 aromatic rings. The summed E-state index contributed by atoms with van der Waals surface area (Å²) >= 11 is 0. The highest BCUT2D eigenvalue weighted by Gasteiger charge is 2.33. The molecule has 2 amide bonds. The number of hydrogen-bond donors (Lipinski definition) is 2. The largest absolute Gasteiger partial charge is 0.458 e. The molecule has 2 N–H and O–H groups in total. The molecule has 1 saturated heterocycles. The van der Waals surface area contributed by atoms with Crippen molar-refractivity contribution in [3.63, 3.8) is 0 Å². The third-order valence-electron chi connectivity index (χ3n) is 6.57. The number of esters is 1. The van der Waals surface area contributed by atoms with Crippen LogP contribution in [-0.4, -0.2) is 58.3 Å². The van der Waals surface area contributed by atoms with E-state index in [1.165, 1.54) is 18.7 Å². The SMILES string of the molecule is C[C@H](c1ccccc1)[C@H]1CCCCN1C(=O)OC[n+]1cccc(C(=O)N[C@H](C(=O)OC(C)(C)C)[C@@H](C)O)c1. The van der Waals surface area contributed by atoms with E-state index in [2.05, 4.69) is 24.4 Å². The second-order valence-corrected chi connectivity index (χ2v) is 10.8. The summed E-state index contributed by atoms with van der Waals surface area (Å²) in [5.74, 6) is -1.11. The number of carbonyl (C=O) groups is 3. The lowest BCUT2D eigenvalue weighted by Crippen LogP contribution is -2.50. The molecular formula is C29H40N3O6+. The van der Waals surface area contributed by atoms with Crippen LogP contribution >= 0.6 is 0 Å². The number of aliphatic hydroxyl groups excluding tert-OH is 1. The van der Waals surface area contributed by atoms with Crippen molar-refractivity contribution in [2.24, 2.45) is 0 Å². The van der Waals surface area contributed by atoms with Gasteiger partial charge in [0.2, 0.25) is 0 Å². The molecule has 3 rings (SSSR count). The van der Waals surface area contributed by atoms with Gasteiger partial charge in [-0.05, 0) is 58.6 Å². The molecule has 0 aliphatic carbocycles. The highest BCUT2D eigenvalue weighted by Crippen LogP contribution is 2.30. The zero-order valence-electron chi connectivity index (χ0n) is 22.9. The van der Waals surface area contributed by atoms with Gasteiger partial charge in [-0.25, -0.2) is 9.59 Å². The topological polar surface area (TPSA) is 109 Å². The molecule has 206 valence electrons. The van der Waals surface area contributed by atoms with Crippen LogP contribution in [0.1, 0.15) is 75.7 Å². The first-order valence-electron chi connectivity index (χ1n) is 13.2. The molecule has 1 fully saturated rings. The predicted octanol–water partition coefficient (Wildman–Crippen LogP) is 3.55. The Balaban J connectivity index is 1.63. The number of hydrogen-bond acceptors (Lipinski definition) is 6. The molecule has 2 heterocycles. The van der Waals surface area contributed by atoms with Gasteiger partial charge in [0, 0.05) is 24.6 Å². The normalized spacial score (nSPS) is 18.2. The zero-order valence-corrected chi connectivity index (χ0v) is 22.9. The first-order valence-corrected chi connectivity index (χ1v) is 13.2. The summed E-state index contributed by atoms with van der Waals surface area (Å²) in [6.07, 6.45) is 4.57. The number of aliphatic hydroxyl groups is 1. The van der Waals surface area contributed by atoms with E-state index < -0.39 is 29.6 Å². The summed E-state index contributed by atoms with van der Waals surface area (Å²) in [4.78, 5) is 40.2. The highest BCUT2D eigenvalue weighted by atomic mass is 16.6. The number of likely N-dealkylation sites (tertiary alicyclic amines) is 1. The van der Waals surface area contributed by atoms with Gasteiger partial charge >= 0.3 is 12.1 Å². The highest BCUT2D eigenvalue weighted by molar-refractivity contribution is 5.96. The number of benzene rings is 1. The fourth-order valence-corrected chi connectivity index (χ4v) is 4.60. The van der Waals surface area contributed by atoms with Crippen LogP contribution in [0, 0.1) is 0 Å². The molecule has 1 aromatic heterocycles. The van der Waals surface area contributed by atoms with Crippen molar-refractivity contribution in [1.82, 2.24) is 10.2 Å². The number of ether oxygens (including phenoxy) is 2. The Labute approximate surface area is 224 Å². The number of pyridine rings is 1. The van der Waals surface area contributed by atoms with E-state index >= 15 is 0 Å². The Kier molecular flexibility index (Phi) is 9.85. The van der Waals surface area contributed by atoms with Crippen molar-refractivity contribution in [3.05, 3.63) is 66.0 Å². The summed E-state index contributed by atoms with van der Waals surface area (Å²) in [7, 11) is 0. The zero-order chi connectivity index (χ0) is 27.9. The third kappa shape index (κ3) is 8.02. The summed E-state index contributed by atoms with van der Waals surface area (Å²) in [5.41, 5.74) is 0.666. The number of rotatable bonds is 8. The lowest BCUT2D eigenvalue weighted by molar-refractivity contribution is -0.727. The van der Waals surface area contributed by atoms with Crippen LogP contribution in [0.5, 0.6) is 0 Å². The van der Waals surface area contributed by atoms with Gasteiger partial charge in [0.1, 0.15) is 11.2 Å². The molecule has 0 saturated carbocycles. The van der Waals surface area contributed by atoms with Gasteiger partial charge in [-0.1, -0.05) is 37.3 Å². The molecule has 0 bridgehead atoms. The smallest absolute Gasteiger partial charge is 0.414 e. The van der Waals surface area contributed by atoms with Gasteiger partial charge in [-0.15, -0.1) is 0 Å². The molecular weight excluding hydrogens is 486 g/mol. The van der Waals surface area contributed by atoms with E-state index in [1.54, 1.807) is 43.7 Å². The number of amides is 2. The van der Waals surface area contributed by atoms with Crippen molar-refractivity contribution in [2.45, 2.75) is 90.3 Å². The molecule has 9 heteroatoms. The van der Waals surface area contributed by atoms with E-state index in [9.17, 15) is 19.5 Å². The number of nitrogens with one attached hydrogen (secondary N) is 1. The van der Waals surface area contributed by atoms with Crippen molar-refractivity contribution in [3.8, 4) is 0 Å². The number of aromatic nitrogens is 1. The van der Waals surface area contributed by atoms with Crippen molar-refractivity contribution in [2.75, 3.05) is 6.54 Å². The van der Waals surface area contributed by atoms with Gasteiger partial charge in [0.25, 0.3) is 12.6 Å². The first kappa shape index (κ1) is 29.1. The maximum Gasteiger partial charge on any atom is 0.414 e. The van der Waals surface area contributed by atoms with E-state index in [1.807, 2.05) is 23.1 Å². The summed E-state index contributed by atoms with van der Waals surface area (Å²) in [6.45, 7) is 9.24. The van der Waals surface area contributed by atoms with E-state index in [-0.39, 0.29) is 30.3 Å². The Morgan fingerprint density at radius 3 is 2.47 bits per heavy atom. The van der Waals surface area contributed by atoms with Crippen molar-refractivity contribution >= 4 is 18.0 Å². The monoisotopic (exact) mass is 526 g/mol. The molecule has 0 spiro atoms. The predicted molar refractivity (Wildman–Crippen MR) is 141 cm³/mol. The molecule has 0 radical (unpaired) electrons. The van der Waals surface area contributed by atoms with Crippen LogP contribution in [0.2, 0.25) is 0 Å². The average molecular weight is 527 g/mol. The van der Waals surface area contributed by atoms with Crippen molar-refractivity contribution in [1.29, 1.82) is 0 Å². The van der Waals surface area contributed by atoms with Gasteiger partial charge in [0.15, 0.2) is 18.4 Å². The fraction of sp³-hybridized carbons (Fsp3) is 0.517. The Bertz CT molecular complexity index is 1100. The van der Waals surface area contributed by atoms with E-state index in [0.717, 1.165) is 19.3 Å². The lowest BCUT2D eigenvalue weighted by Gasteiger charge is -2.38.